The molecule has 24 heavy (non-hydrogen) atoms. The maximum atomic E-state index is 13.2. The molecule has 1 amide bonds. The van der Waals surface area contributed by atoms with Crippen molar-refractivity contribution in [3.8, 4) is 0 Å². The van der Waals surface area contributed by atoms with Crippen LogP contribution in [0.4, 0.5) is 13.2 Å². The number of aromatic nitrogens is 2. The zero-order valence-corrected chi connectivity index (χ0v) is 13.1. The molecule has 1 aliphatic heterocycles. The van der Waals surface area contributed by atoms with Crippen LogP contribution in [0, 0.1) is 0 Å². The van der Waals surface area contributed by atoms with Crippen molar-refractivity contribution < 1.29 is 22.7 Å². The van der Waals surface area contributed by atoms with Crippen LogP contribution in [0.2, 0.25) is 0 Å². The number of fused-ring (bicyclic) bond motifs is 1. The summed E-state index contributed by atoms with van der Waals surface area (Å²) < 4.78 is 46.0. The minimum absolute atomic E-state index is 0.0874. The van der Waals surface area contributed by atoms with Gasteiger partial charge in [-0.2, -0.15) is 13.2 Å². The van der Waals surface area contributed by atoms with E-state index in [1.807, 2.05) is 0 Å². The van der Waals surface area contributed by atoms with Crippen LogP contribution in [-0.2, 0) is 22.3 Å². The molecule has 2 atom stereocenters. The number of para-hydroxylation sites is 2. The number of ether oxygens (including phenoxy) is 1. The van der Waals surface area contributed by atoms with E-state index in [0.29, 0.717) is 6.61 Å². The van der Waals surface area contributed by atoms with Crippen LogP contribution in [0.5, 0.6) is 0 Å². The van der Waals surface area contributed by atoms with Gasteiger partial charge in [0.2, 0.25) is 11.7 Å². The molecule has 1 saturated heterocycles. The molecule has 5 nitrogen and oxygen atoms in total. The Balaban J connectivity index is 1.82. The molecule has 0 radical (unpaired) electrons. The Labute approximate surface area is 136 Å². The second-order valence-electron chi connectivity index (χ2n) is 5.92. The summed E-state index contributed by atoms with van der Waals surface area (Å²) in [5.74, 6) is -1.56. The number of hydrogen-bond donors (Lipinski definition) is 1. The second kappa shape index (κ2) is 6.43. The number of imidazole rings is 1. The largest absolute Gasteiger partial charge is 0.449 e. The van der Waals surface area contributed by atoms with E-state index in [-0.39, 0.29) is 23.2 Å². The van der Waals surface area contributed by atoms with Gasteiger partial charge in [-0.15, -0.1) is 0 Å². The first-order valence-electron chi connectivity index (χ1n) is 7.79. The van der Waals surface area contributed by atoms with E-state index in [1.165, 1.54) is 12.1 Å². The molecule has 130 valence electrons. The fraction of sp³-hybridized carbons (Fsp3) is 0.500. The lowest BCUT2D eigenvalue weighted by atomic mass is 10.1. The van der Waals surface area contributed by atoms with Crippen LogP contribution in [0.1, 0.15) is 25.6 Å². The van der Waals surface area contributed by atoms with Crippen molar-refractivity contribution in [2.24, 2.45) is 0 Å². The summed E-state index contributed by atoms with van der Waals surface area (Å²) in [5, 5.41) is 2.72. The second-order valence-corrected chi connectivity index (χ2v) is 5.92. The van der Waals surface area contributed by atoms with E-state index in [9.17, 15) is 18.0 Å². The zero-order valence-electron chi connectivity index (χ0n) is 13.1. The first-order chi connectivity index (χ1) is 11.4. The summed E-state index contributed by atoms with van der Waals surface area (Å²) in [5.41, 5.74) is 0.495. The fourth-order valence-corrected chi connectivity index (χ4v) is 2.98. The van der Waals surface area contributed by atoms with Crippen molar-refractivity contribution in [2.75, 3.05) is 6.61 Å². The fourth-order valence-electron chi connectivity index (χ4n) is 2.98. The average Bonchev–Trinajstić information content (AvgIpc) is 3.15. The standard InChI is InChI=1S/C16H18F3N3O2/c1-10(13-7-4-8-24-13)20-14(23)9-22-12-6-3-2-5-11(12)21-15(22)16(17,18)19/h2-3,5-6,10,13H,4,7-9H2,1H3,(H,20,23)/t10-,13-/m1/s1. The molecule has 0 saturated carbocycles. The average molecular weight is 341 g/mol. The molecule has 3 rings (SSSR count). The van der Waals surface area contributed by atoms with Gasteiger partial charge < -0.3 is 14.6 Å². The Bertz CT molecular complexity index is 736. The zero-order chi connectivity index (χ0) is 17.3. The quantitative estimate of drug-likeness (QED) is 0.930. The topological polar surface area (TPSA) is 56.2 Å². The first-order valence-corrected chi connectivity index (χ1v) is 7.79. The summed E-state index contributed by atoms with van der Waals surface area (Å²) in [7, 11) is 0. The highest BCUT2D eigenvalue weighted by molar-refractivity contribution is 5.81. The lowest BCUT2D eigenvalue weighted by molar-refractivity contribution is -0.147. The number of nitrogens with zero attached hydrogens (tertiary/aromatic N) is 2. The molecule has 1 aromatic heterocycles. The van der Waals surface area contributed by atoms with Crippen molar-refractivity contribution in [3.63, 3.8) is 0 Å². The van der Waals surface area contributed by atoms with Gasteiger partial charge in [-0.1, -0.05) is 12.1 Å². The number of alkyl halides is 3. The van der Waals surface area contributed by atoms with E-state index in [4.69, 9.17) is 4.74 Å². The smallest absolute Gasteiger partial charge is 0.376 e. The maximum absolute atomic E-state index is 13.2. The normalized spacial score (nSPS) is 19.6. The Kier molecular flexibility index (Phi) is 4.49. The van der Waals surface area contributed by atoms with Crippen molar-refractivity contribution >= 4 is 16.9 Å². The molecule has 1 N–H and O–H groups in total. The molecule has 0 unspecified atom stereocenters. The van der Waals surface area contributed by atoms with Crippen LogP contribution in [-0.4, -0.2) is 34.2 Å². The van der Waals surface area contributed by atoms with Gasteiger partial charge >= 0.3 is 6.18 Å². The van der Waals surface area contributed by atoms with Gasteiger partial charge in [-0.25, -0.2) is 4.98 Å². The number of carbonyl (C=O) groups excluding carboxylic acids is 1. The van der Waals surface area contributed by atoms with Crippen LogP contribution in [0.25, 0.3) is 11.0 Å². The number of carbonyl (C=O) groups is 1. The third kappa shape index (κ3) is 3.38. The van der Waals surface area contributed by atoms with Gasteiger partial charge in [-0.05, 0) is 31.9 Å². The molecule has 1 aliphatic rings. The molecular formula is C16H18F3N3O2. The molecule has 0 aliphatic carbocycles. The van der Waals surface area contributed by atoms with Crippen LogP contribution >= 0.6 is 0 Å². The minimum atomic E-state index is -4.63. The summed E-state index contributed by atoms with van der Waals surface area (Å²) in [6.45, 7) is 2.01. The molecule has 0 spiro atoms. The van der Waals surface area contributed by atoms with E-state index in [2.05, 4.69) is 10.3 Å². The Morgan fingerprint density at radius 1 is 1.46 bits per heavy atom. The number of rotatable bonds is 4. The molecular weight excluding hydrogens is 323 g/mol. The highest BCUT2D eigenvalue weighted by Crippen LogP contribution is 2.31. The Hall–Kier alpha value is -2.09. The molecule has 8 heteroatoms. The summed E-state index contributed by atoms with van der Waals surface area (Å²) in [6.07, 6.45) is -2.95. The summed E-state index contributed by atoms with van der Waals surface area (Å²) >= 11 is 0. The lowest BCUT2D eigenvalue weighted by Gasteiger charge is -2.20. The third-order valence-corrected chi connectivity index (χ3v) is 4.12. The van der Waals surface area contributed by atoms with Crippen molar-refractivity contribution in [1.82, 2.24) is 14.9 Å². The van der Waals surface area contributed by atoms with Crippen molar-refractivity contribution in [3.05, 3.63) is 30.1 Å². The molecule has 1 fully saturated rings. The van der Waals surface area contributed by atoms with Crippen molar-refractivity contribution in [1.29, 1.82) is 0 Å². The number of amides is 1. The summed E-state index contributed by atoms with van der Waals surface area (Å²) in [4.78, 5) is 15.8. The molecule has 2 aromatic rings. The van der Waals surface area contributed by atoms with E-state index in [0.717, 1.165) is 17.4 Å². The Morgan fingerprint density at radius 2 is 2.21 bits per heavy atom. The molecule has 1 aromatic carbocycles. The summed E-state index contributed by atoms with van der Waals surface area (Å²) in [6, 6.07) is 6.00. The van der Waals surface area contributed by atoms with Gasteiger partial charge in [0.1, 0.15) is 6.54 Å². The molecule has 0 bridgehead atoms. The SMILES string of the molecule is C[C@@H](NC(=O)Cn1c(C(F)(F)F)nc2ccccc21)[C@H]1CCCO1. The maximum Gasteiger partial charge on any atom is 0.449 e. The third-order valence-electron chi connectivity index (χ3n) is 4.12. The minimum Gasteiger partial charge on any atom is -0.376 e. The number of halogens is 3. The van der Waals surface area contributed by atoms with E-state index < -0.39 is 24.5 Å². The van der Waals surface area contributed by atoms with Crippen LogP contribution in [0.3, 0.4) is 0 Å². The van der Waals surface area contributed by atoms with E-state index >= 15 is 0 Å². The first kappa shape index (κ1) is 16.8. The van der Waals surface area contributed by atoms with Crippen LogP contribution in [0.15, 0.2) is 24.3 Å². The van der Waals surface area contributed by atoms with Crippen LogP contribution < -0.4 is 5.32 Å². The highest BCUT2D eigenvalue weighted by atomic mass is 19.4. The predicted molar refractivity (Wildman–Crippen MR) is 81.3 cm³/mol. The number of benzene rings is 1. The molecule has 2 heterocycles. The number of nitrogens with one attached hydrogen (secondary N) is 1. The lowest BCUT2D eigenvalue weighted by Crippen LogP contribution is -2.42. The van der Waals surface area contributed by atoms with Gasteiger partial charge in [0.15, 0.2) is 0 Å². The van der Waals surface area contributed by atoms with Gasteiger partial charge in [0, 0.05) is 6.61 Å². The van der Waals surface area contributed by atoms with Crippen molar-refractivity contribution in [2.45, 2.75) is 44.6 Å². The van der Waals surface area contributed by atoms with E-state index in [1.54, 1.807) is 19.1 Å². The predicted octanol–water partition coefficient (Wildman–Crippen LogP) is 2.74. The monoisotopic (exact) mass is 341 g/mol. The number of hydrogen-bond acceptors (Lipinski definition) is 3. The highest BCUT2D eigenvalue weighted by Gasteiger charge is 2.38. The van der Waals surface area contributed by atoms with Gasteiger partial charge in [0.05, 0.1) is 23.2 Å². The Morgan fingerprint density at radius 3 is 2.88 bits per heavy atom. The van der Waals surface area contributed by atoms with Gasteiger partial charge in [0.25, 0.3) is 0 Å². The van der Waals surface area contributed by atoms with Gasteiger partial charge in [-0.3, -0.25) is 4.79 Å².